The number of aliphatic carboxylic acids is 1. The van der Waals surface area contributed by atoms with Gasteiger partial charge in [-0.05, 0) is 19.1 Å². The van der Waals surface area contributed by atoms with Gasteiger partial charge < -0.3 is 10.4 Å². The number of carboxylic acid groups (broad SMARTS) is 1. The normalized spacial score (nSPS) is 9.61. The Kier molecular flexibility index (Phi) is 4.82. The van der Waals surface area contributed by atoms with E-state index < -0.39 is 24.4 Å². The molecule has 0 aliphatic heterocycles. The number of carboxylic acids is 1. The smallest absolute Gasteiger partial charge is 0.333 e. The van der Waals surface area contributed by atoms with Gasteiger partial charge in [0.2, 0.25) is 0 Å². The molecule has 1 aromatic rings. The maximum absolute atomic E-state index is 11.3. The Morgan fingerprint density at radius 3 is 2.33 bits per heavy atom. The third kappa shape index (κ3) is 4.62. The topological polar surface area (TPSA) is 105 Å². The van der Waals surface area contributed by atoms with E-state index in [4.69, 9.17) is 5.11 Å². The molecule has 1 rings (SSSR count). The van der Waals surface area contributed by atoms with Crippen LogP contribution < -0.4 is 10.8 Å². The van der Waals surface area contributed by atoms with Crippen molar-refractivity contribution in [2.24, 2.45) is 0 Å². The van der Waals surface area contributed by atoms with Crippen LogP contribution in [0.2, 0.25) is 0 Å². The fraction of sp³-hybridized carbons (Fsp3) is 0.182. The standard InChI is InChI=1S/C11H12N2O5/c1-7-2-4-8(5-3-7)12-10(16)11(17)13-18-6-9(14)15/h2-5H,6H2,1H3,(H,12,16)(H,13,17)(H,14,15). The second-order valence-electron chi connectivity index (χ2n) is 3.43. The molecule has 0 bridgehead atoms. The van der Waals surface area contributed by atoms with E-state index in [0.717, 1.165) is 5.56 Å². The van der Waals surface area contributed by atoms with Crippen LogP contribution in [0.4, 0.5) is 5.69 Å². The van der Waals surface area contributed by atoms with Gasteiger partial charge >= 0.3 is 17.8 Å². The molecule has 0 atom stereocenters. The molecule has 0 radical (unpaired) electrons. The lowest BCUT2D eigenvalue weighted by Gasteiger charge is -2.05. The number of nitrogens with one attached hydrogen (secondary N) is 2. The van der Waals surface area contributed by atoms with Gasteiger partial charge in [-0.25, -0.2) is 10.3 Å². The van der Waals surface area contributed by atoms with E-state index in [1.165, 1.54) is 0 Å². The first kappa shape index (κ1) is 13.7. The van der Waals surface area contributed by atoms with Crippen molar-refractivity contribution in [1.82, 2.24) is 5.48 Å². The minimum Gasteiger partial charge on any atom is -0.479 e. The maximum atomic E-state index is 11.3. The van der Waals surface area contributed by atoms with Gasteiger partial charge in [0, 0.05) is 5.69 Å². The fourth-order valence-electron chi connectivity index (χ4n) is 1.03. The van der Waals surface area contributed by atoms with Crippen LogP contribution in [0.1, 0.15) is 5.56 Å². The van der Waals surface area contributed by atoms with Crippen LogP contribution in [0.5, 0.6) is 0 Å². The molecule has 96 valence electrons. The second kappa shape index (κ2) is 6.36. The van der Waals surface area contributed by atoms with Crippen LogP contribution in [0.25, 0.3) is 0 Å². The average molecular weight is 252 g/mol. The Morgan fingerprint density at radius 1 is 1.17 bits per heavy atom. The number of hydrogen-bond acceptors (Lipinski definition) is 4. The van der Waals surface area contributed by atoms with E-state index in [1.54, 1.807) is 29.7 Å². The Morgan fingerprint density at radius 2 is 1.78 bits per heavy atom. The Bertz CT molecular complexity index is 455. The molecule has 0 saturated carbocycles. The highest BCUT2D eigenvalue weighted by Gasteiger charge is 2.14. The summed E-state index contributed by atoms with van der Waals surface area (Å²) in [4.78, 5) is 36.8. The molecule has 0 spiro atoms. The minimum absolute atomic E-state index is 0.457. The van der Waals surface area contributed by atoms with Crippen molar-refractivity contribution in [3.05, 3.63) is 29.8 Å². The molecule has 0 saturated heterocycles. The molecule has 7 nitrogen and oxygen atoms in total. The number of carbonyl (C=O) groups is 3. The quantitative estimate of drug-likeness (QED) is 0.519. The zero-order valence-electron chi connectivity index (χ0n) is 9.60. The Labute approximate surface area is 103 Å². The van der Waals surface area contributed by atoms with E-state index in [9.17, 15) is 14.4 Å². The second-order valence-corrected chi connectivity index (χ2v) is 3.43. The van der Waals surface area contributed by atoms with Gasteiger partial charge in [0.15, 0.2) is 6.61 Å². The van der Waals surface area contributed by atoms with Gasteiger partial charge in [-0.15, -0.1) is 0 Å². The molecule has 3 N–H and O–H groups in total. The predicted octanol–water partition coefficient (Wildman–Crippen LogP) is 0.0659. The number of rotatable bonds is 4. The first-order chi connectivity index (χ1) is 8.49. The van der Waals surface area contributed by atoms with Crippen LogP contribution in [0.3, 0.4) is 0 Å². The van der Waals surface area contributed by atoms with Gasteiger partial charge in [0.05, 0.1) is 0 Å². The number of benzene rings is 1. The highest BCUT2D eigenvalue weighted by Crippen LogP contribution is 2.07. The lowest BCUT2D eigenvalue weighted by molar-refractivity contribution is -0.152. The summed E-state index contributed by atoms with van der Waals surface area (Å²) in [7, 11) is 0. The summed E-state index contributed by atoms with van der Waals surface area (Å²) in [5.41, 5.74) is 3.19. The van der Waals surface area contributed by atoms with E-state index >= 15 is 0 Å². The molecule has 0 heterocycles. The number of anilines is 1. The molecule has 7 heteroatoms. The average Bonchev–Trinajstić information content (AvgIpc) is 2.31. The summed E-state index contributed by atoms with van der Waals surface area (Å²) in [5.74, 6) is -3.27. The van der Waals surface area contributed by atoms with E-state index in [-0.39, 0.29) is 0 Å². The number of amides is 2. The van der Waals surface area contributed by atoms with E-state index in [1.807, 2.05) is 6.92 Å². The zero-order valence-corrected chi connectivity index (χ0v) is 9.60. The highest BCUT2D eigenvalue weighted by atomic mass is 16.7. The Balaban J connectivity index is 2.42. The third-order valence-electron chi connectivity index (χ3n) is 1.88. The molecule has 0 aliphatic rings. The molecule has 1 aromatic carbocycles. The van der Waals surface area contributed by atoms with Crippen molar-refractivity contribution in [2.45, 2.75) is 6.92 Å². The molecule has 0 aliphatic carbocycles. The van der Waals surface area contributed by atoms with Crippen molar-refractivity contribution < 1.29 is 24.3 Å². The summed E-state index contributed by atoms with van der Waals surface area (Å²) in [6.45, 7) is 1.17. The fourth-order valence-corrected chi connectivity index (χ4v) is 1.03. The summed E-state index contributed by atoms with van der Waals surface area (Å²) in [6, 6.07) is 6.82. The lowest BCUT2D eigenvalue weighted by atomic mass is 10.2. The van der Waals surface area contributed by atoms with Crippen molar-refractivity contribution in [3.8, 4) is 0 Å². The molecule has 18 heavy (non-hydrogen) atoms. The number of carbonyl (C=O) groups excluding carboxylic acids is 2. The molecule has 0 aromatic heterocycles. The highest BCUT2D eigenvalue weighted by molar-refractivity contribution is 6.39. The van der Waals surface area contributed by atoms with E-state index in [2.05, 4.69) is 10.2 Å². The van der Waals surface area contributed by atoms with Crippen molar-refractivity contribution in [2.75, 3.05) is 11.9 Å². The van der Waals surface area contributed by atoms with Crippen molar-refractivity contribution in [1.29, 1.82) is 0 Å². The van der Waals surface area contributed by atoms with Gasteiger partial charge in [0.25, 0.3) is 0 Å². The third-order valence-corrected chi connectivity index (χ3v) is 1.88. The van der Waals surface area contributed by atoms with Crippen molar-refractivity contribution >= 4 is 23.5 Å². The first-order valence-corrected chi connectivity index (χ1v) is 5.00. The molecule has 0 unspecified atom stereocenters. The predicted molar refractivity (Wildman–Crippen MR) is 61.5 cm³/mol. The van der Waals surface area contributed by atoms with Crippen LogP contribution in [-0.4, -0.2) is 29.5 Å². The van der Waals surface area contributed by atoms with Gasteiger partial charge in [-0.1, -0.05) is 17.7 Å². The maximum Gasteiger partial charge on any atom is 0.333 e. The minimum atomic E-state index is -1.26. The van der Waals surface area contributed by atoms with Crippen molar-refractivity contribution in [3.63, 3.8) is 0 Å². The summed E-state index contributed by atoms with van der Waals surface area (Å²) in [6.07, 6.45) is 0. The van der Waals surface area contributed by atoms with Crippen LogP contribution in [0.15, 0.2) is 24.3 Å². The SMILES string of the molecule is Cc1ccc(NC(=O)C(=O)NOCC(=O)O)cc1. The van der Waals surface area contributed by atoms with E-state index in [0.29, 0.717) is 5.69 Å². The van der Waals surface area contributed by atoms with Crippen LogP contribution in [-0.2, 0) is 19.2 Å². The molecule has 0 fully saturated rings. The molecular weight excluding hydrogens is 240 g/mol. The van der Waals surface area contributed by atoms with Gasteiger partial charge in [-0.2, -0.15) is 0 Å². The summed E-state index contributed by atoms with van der Waals surface area (Å²) >= 11 is 0. The van der Waals surface area contributed by atoms with Crippen LogP contribution in [0, 0.1) is 6.92 Å². The molecule has 2 amide bonds. The van der Waals surface area contributed by atoms with Gasteiger partial charge in [-0.3, -0.25) is 14.4 Å². The van der Waals surface area contributed by atoms with Crippen LogP contribution >= 0.6 is 0 Å². The van der Waals surface area contributed by atoms with Gasteiger partial charge in [0.1, 0.15) is 0 Å². The summed E-state index contributed by atoms with van der Waals surface area (Å²) in [5, 5.41) is 10.6. The zero-order chi connectivity index (χ0) is 13.5. The monoisotopic (exact) mass is 252 g/mol. The number of hydrogen-bond donors (Lipinski definition) is 3. The molecular formula is C11H12N2O5. The largest absolute Gasteiger partial charge is 0.479 e. The first-order valence-electron chi connectivity index (χ1n) is 5.00. The number of hydroxylamine groups is 1. The summed E-state index contributed by atoms with van der Waals surface area (Å²) < 4.78 is 0. The Hall–Kier alpha value is -2.41. The lowest BCUT2D eigenvalue weighted by Crippen LogP contribution is -2.36. The number of aryl methyl sites for hydroxylation is 1.